The van der Waals surface area contributed by atoms with Gasteiger partial charge in [-0.05, 0) is 43.5 Å². The molecule has 0 fully saturated rings. The first-order valence-corrected chi connectivity index (χ1v) is 7.10. The monoisotopic (exact) mass is 284 g/mol. The molecule has 1 heterocycles. The lowest BCUT2D eigenvalue weighted by atomic mass is 9.84. The molecule has 3 rings (SSSR count). The average Bonchev–Trinajstić information content (AvgIpc) is 2.45. The molecule has 2 aromatic carbocycles. The van der Waals surface area contributed by atoms with Crippen molar-refractivity contribution in [2.45, 2.75) is 26.2 Å². The van der Waals surface area contributed by atoms with Gasteiger partial charge in [0.15, 0.2) is 5.78 Å². The van der Waals surface area contributed by atoms with Crippen molar-refractivity contribution in [2.75, 3.05) is 6.61 Å². The van der Waals surface area contributed by atoms with Crippen LogP contribution in [0.15, 0.2) is 36.4 Å². The zero-order valence-corrected chi connectivity index (χ0v) is 12.2. The second kappa shape index (κ2) is 5.32. The number of ether oxygens (including phenoxy) is 1. The maximum absolute atomic E-state index is 14.2. The van der Waals surface area contributed by atoms with Crippen molar-refractivity contribution in [1.82, 2.24) is 0 Å². The summed E-state index contributed by atoms with van der Waals surface area (Å²) in [6, 6.07) is 10.8. The molecule has 21 heavy (non-hydrogen) atoms. The summed E-state index contributed by atoms with van der Waals surface area (Å²) in [6.45, 7) is 4.10. The first kappa shape index (κ1) is 13.8. The summed E-state index contributed by atoms with van der Waals surface area (Å²) in [5, 5.41) is 0. The van der Waals surface area contributed by atoms with Gasteiger partial charge in [0.05, 0.1) is 18.1 Å². The van der Waals surface area contributed by atoms with E-state index in [2.05, 4.69) is 0 Å². The highest BCUT2D eigenvalue weighted by molar-refractivity contribution is 6.02. The number of aryl methyl sites for hydroxylation is 2. The number of carbonyl (C=O) groups is 1. The number of para-hydroxylation sites is 1. The van der Waals surface area contributed by atoms with Gasteiger partial charge < -0.3 is 4.74 Å². The number of rotatable bonds is 2. The Balaban J connectivity index is 2.05. The highest BCUT2D eigenvalue weighted by Crippen LogP contribution is 2.36. The Kier molecular flexibility index (Phi) is 3.50. The van der Waals surface area contributed by atoms with Crippen molar-refractivity contribution in [3.8, 4) is 5.75 Å². The van der Waals surface area contributed by atoms with E-state index in [0.29, 0.717) is 18.6 Å². The van der Waals surface area contributed by atoms with Crippen molar-refractivity contribution < 1.29 is 13.9 Å². The Morgan fingerprint density at radius 2 is 2.00 bits per heavy atom. The summed E-state index contributed by atoms with van der Waals surface area (Å²) < 4.78 is 19.8. The molecule has 0 aliphatic carbocycles. The third-order valence-electron chi connectivity index (χ3n) is 3.95. The fraction of sp³-hybridized carbons (Fsp3) is 0.278. The summed E-state index contributed by atoms with van der Waals surface area (Å²) in [4.78, 5) is 12.8. The molecule has 1 aliphatic heterocycles. The third-order valence-corrected chi connectivity index (χ3v) is 3.95. The second-order valence-corrected chi connectivity index (χ2v) is 5.53. The maximum atomic E-state index is 14.2. The quantitative estimate of drug-likeness (QED) is 0.773. The fourth-order valence-corrected chi connectivity index (χ4v) is 3.02. The maximum Gasteiger partial charge on any atom is 0.173 e. The van der Waals surface area contributed by atoms with Gasteiger partial charge >= 0.3 is 0 Å². The zero-order chi connectivity index (χ0) is 15.0. The van der Waals surface area contributed by atoms with E-state index < -0.39 is 5.82 Å². The van der Waals surface area contributed by atoms with E-state index in [1.165, 1.54) is 6.07 Å². The molecule has 1 unspecified atom stereocenters. The van der Waals surface area contributed by atoms with Crippen LogP contribution in [0.4, 0.5) is 4.39 Å². The van der Waals surface area contributed by atoms with Crippen LogP contribution in [0.3, 0.4) is 0 Å². The van der Waals surface area contributed by atoms with Crippen LogP contribution < -0.4 is 4.74 Å². The van der Waals surface area contributed by atoms with Crippen molar-refractivity contribution in [2.24, 2.45) is 0 Å². The Morgan fingerprint density at radius 1 is 1.24 bits per heavy atom. The number of halogens is 1. The second-order valence-electron chi connectivity index (χ2n) is 5.53. The molecule has 2 aromatic rings. The Labute approximate surface area is 123 Å². The number of hydrogen-bond acceptors (Lipinski definition) is 2. The van der Waals surface area contributed by atoms with Crippen LogP contribution in [0.1, 0.15) is 39.4 Å². The largest absolute Gasteiger partial charge is 0.493 e. The van der Waals surface area contributed by atoms with Crippen LogP contribution in [-0.4, -0.2) is 12.4 Å². The lowest BCUT2D eigenvalue weighted by Crippen LogP contribution is -2.23. The lowest BCUT2D eigenvalue weighted by molar-refractivity contribution is 0.0928. The van der Waals surface area contributed by atoms with E-state index in [1.807, 2.05) is 37.3 Å². The van der Waals surface area contributed by atoms with Gasteiger partial charge in [-0.3, -0.25) is 4.79 Å². The SMILES string of the molecule is Cc1cc(C)c(C(=O)C2CCOc3ccccc32)c(F)c1. The number of benzene rings is 2. The van der Waals surface area contributed by atoms with Crippen LogP contribution in [0.2, 0.25) is 0 Å². The van der Waals surface area contributed by atoms with Crippen LogP contribution in [0.25, 0.3) is 0 Å². The summed E-state index contributed by atoms with van der Waals surface area (Å²) >= 11 is 0. The van der Waals surface area contributed by atoms with Crippen LogP contribution in [-0.2, 0) is 0 Å². The smallest absolute Gasteiger partial charge is 0.173 e. The molecule has 0 N–H and O–H groups in total. The molecule has 0 saturated carbocycles. The molecule has 2 nitrogen and oxygen atoms in total. The number of hydrogen-bond donors (Lipinski definition) is 0. The van der Waals surface area contributed by atoms with E-state index in [-0.39, 0.29) is 17.3 Å². The van der Waals surface area contributed by atoms with E-state index in [1.54, 1.807) is 6.92 Å². The zero-order valence-electron chi connectivity index (χ0n) is 12.2. The van der Waals surface area contributed by atoms with Crippen molar-refractivity contribution in [3.05, 3.63) is 64.5 Å². The topological polar surface area (TPSA) is 26.3 Å². The Bertz CT molecular complexity index is 683. The minimum atomic E-state index is -0.429. The molecule has 0 spiro atoms. The number of carbonyl (C=O) groups excluding carboxylic acids is 1. The predicted octanol–water partition coefficient (Wildman–Crippen LogP) is 4.19. The standard InChI is InChI=1S/C18H17FO2/c1-11-9-12(2)17(15(19)10-11)18(20)14-7-8-21-16-6-4-3-5-13(14)16/h3-6,9-10,14H,7-8H2,1-2H3. The number of ketones is 1. The van der Waals surface area contributed by atoms with Crippen LogP contribution >= 0.6 is 0 Å². The molecule has 0 bridgehead atoms. The first-order valence-electron chi connectivity index (χ1n) is 7.10. The van der Waals surface area contributed by atoms with E-state index >= 15 is 0 Å². The van der Waals surface area contributed by atoms with E-state index in [4.69, 9.17) is 4.74 Å². The predicted molar refractivity (Wildman–Crippen MR) is 79.5 cm³/mol. The average molecular weight is 284 g/mol. The van der Waals surface area contributed by atoms with Crippen LogP contribution in [0, 0.1) is 19.7 Å². The highest BCUT2D eigenvalue weighted by atomic mass is 19.1. The van der Waals surface area contributed by atoms with E-state index in [9.17, 15) is 9.18 Å². The molecular formula is C18H17FO2. The molecule has 0 amide bonds. The number of Topliss-reactive ketones (excluding diaryl/α,β-unsaturated/α-hetero) is 1. The van der Waals surface area contributed by atoms with Crippen molar-refractivity contribution in [1.29, 1.82) is 0 Å². The van der Waals surface area contributed by atoms with Gasteiger partial charge in [-0.15, -0.1) is 0 Å². The van der Waals surface area contributed by atoms with Gasteiger partial charge in [0.2, 0.25) is 0 Å². The summed E-state index contributed by atoms with van der Waals surface area (Å²) in [6.07, 6.45) is 0.586. The molecule has 0 saturated heterocycles. The van der Waals surface area contributed by atoms with Gasteiger partial charge in [0.25, 0.3) is 0 Å². The van der Waals surface area contributed by atoms with Gasteiger partial charge in [-0.1, -0.05) is 24.3 Å². The molecule has 1 aliphatic rings. The molecule has 3 heteroatoms. The number of fused-ring (bicyclic) bond motifs is 1. The van der Waals surface area contributed by atoms with Gasteiger partial charge in [-0.25, -0.2) is 4.39 Å². The van der Waals surface area contributed by atoms with Crippen molar-refractivity contribution in [3.63, 3.8) is 0 Å². The molecule has 108 valence electrons. The Hall–Kier alpha value is -2.16. The van der Waals surface area contributed by atoms with Gasteiger partial charge in [0.1, 0.15) is 11.6 Å². The van der Waals surface area contributed by atoms with Crippen molar-refractivity contribution >= 4 is 5.78 Å². The van der Waals surface area contributed by atoms with Gasteiger partial charge in [-0.2, -0.15) is 0 Å². The first-order chi connectivity index (χ1) is 10.1. The summed E-state index contributed by atoms with van der Waals surface area (Å²) in [5.41, 5.74) is 2.59. The third kappa shape index (κ3) is 2.44. The molecular weight excluding hydrogens is 267 g/mol. The Morgan fingerprint density at radius 3 is 2.76 bits per heavy atom. The summed E-state index contributed by atoms with van der Waals surface area (Å²) in [5.74, 6) is -0.180. The minimum absolute atomic E-state index is 0.152. The summed E-state index contributed by atoms with van der Waals surface area (Å²) in [7, 11) is 0. The van der Waals surface area contributed by atoms with E-state index in [0.717, 1.165) is 16.9 Å². The molecule has 0 aromatic heterocycles. The lowest BCUT2D eigenvalue weighted by Gasteiger charge is -2.25. The minimum Gasteiger partial charge on any atom is -0.493 e. The highest BCUT2D eigenvalue weighted by Gasteiger charge is 2.30. The normalized spacial score (nSPS) is 17.0. The molecule has 0 radical (unpaired) electrons. The van der Waals surface area contributed by atoms with Gasteiger partial charge in [0, 0.05) is 5.56 Å². The molecule has 1 atom stereocenters. The fourth-order valence-electron chi connectivity index (χ4n) is 3.02. The van der Waals surface area contributed by atoms with Crippen LogP contribution in [0.5, 0.6) is 5.75 Å².